The lowest BCUT2D eigenvalue weighted by molar-refractivity contribution is 0.379. The summed E-state index contributed by atoms with van der Waals surface area (Å²) < 4.78 is 31.6. The molecule has 1 N–H and O–H groups in total. The summed E-state index contributed by atoms with van der Waals surface area (Å²) in [6.45, 7) is 0. The van der Waals surface area contributed by atoms with Crippen LogP contribution >= 0.6 is 0 Å². The van der Waals surface area contributed by atoms with E-state index in [-0.39, 0.29) is 23.3 Å². The third kappa shape index (κ3) is 2.20. The van der Waals surface area contributed by atoms with E-state index in [0.717, 1.165) is 6.07 Å². The fourth-order valence-corrected chi connectivity index (χ4v) is 1.36. The quantitative estimate of drug-likeness (QED) is 0.903. The molecule has 0 aliphatic heterocycles. The molecular weight excluding hydrogens is 242 g/mol. The molecule has 0 bridgehead atoms. The van der Waals surface area contributed by atoms with Gasteiger partial charge in [-0.3, -0.25) is 0 Å². The molecule has 2 aromatic rings. The summed E-state index contributed by atoms with van der Waals surface area (Å²) in [5.74, 6) is -1.76. The molecule has 0 saturated heterocycles. The van der Waals surface area contributed by atoms with Gasteiger partial charge in [0, 0.05) is 7.05 Å². The number of hydrogen-bond donors (Lipinski definition) is 1. The van der Waals surface area contributed by atoms with E-state index in [1.807, 2.05) is 0 Å². The molecule has 0 aliphatic rings. The van der Waals surface area contributed by atoms with Crippen LogP contribution in [-0.2, 0) is 0 Å². The summed E-state index contributed by atoms with van der Waals surface area (Å²) in [5, 5.41) is 2.69. The van der Waals surface area contributed by atoms with Crippen LogP contribution in [0, 0.1) is 11.6 Å². The predicted molar refractivity (Wildman–Crippen MR) is 61.3 cm³/mol. The average Bonchev–Trinajstić information content (AvgIpc) is 2.41. The molecule has 1 aromatic heterocycles. The van der Waals surface area contributed by atoms with Crippen LogP contribution in [-0.4, -0.2) is 29.1 Å². The molecule has 1 aromatic carbocycles. The van der Waals surface area contributed by atoms with Crippen LogP contribution in [0.25, 0.3) is 11.4 Å². The number of hydrogen-bond acceptors (Lipinski definition) is 5. The minimum absolute atomic E-state index is 0.00296. The molecule has 0 spiro atoms. The van der Waals surface area contributed by atoms with Gasteiger partial charge in [0.05, 0.1) is 12.7 Å². The standard InChI is InChI=1S/C11H10F2N4O/c1-14-10-15-9(16-11(17-10)18-2)6-4-3-5-7(12)8(6)13/h3-5H,1-2H3,(H,14,15,16,17). The SMILES string of the molecule is CNc1nc(OC)nc(-c2cccc(F)c2F)n1. The smallest absolute Gasteiger partial charge is 0.321 e. The maximum Gasteiger partial charge on any atom is 0.321 e. The van der Waals surface area contributed by atoms with Gasteiger partial charge in [0.1, 0.15) is 0 Å². The number of aromatic nitrogens is 3. The Labute approximate surface area is 102 Å². The van der Waals surface area contributed by atoms with E-state index in [1.54, 1.807) is 7.05 Å². The maximum absolute atomic E-state index is 13.6. The second kappa shape index (κ2) is 4.91. The summed E-state index contributed by atoms with van der Waals surface area (Å²) in [5.41, 5.74) is -0.0489. The number of nitrogens with one attached hydrogen (secondary N) is 1. The lowest BCUT2D eigenvalue weighted by Crippen LogP contribution is -2.04. The number of nitrogens with zero attached hydrogens (tertiary/aromatic N) is 3. The molecule has 0 fully saturated rings. The number of anilines is 1. The molecule has 0 radical (unpaired) electrons. The van der Waals surface area contributed by atoms with Crippen LogP contribution in [0.15, 0.2) is 18.2 Å². The molecular formula is C11H10F2N4O. The van der Waals surface area contributed by atoms with Crippen molar-refractivity contribution in [2.75, 3.05) is 19.5 Å². The summed E-state index contributed by atoms with van der Waals surface area (Å²) in [7, 11) is 2.97. The third-order valence-electron chi connectivity index (χ3n) is 2.21. The van der Waals surface area contributed by atoms with Crippen LogP contribution < -0.4 is 10.1 Å². The molecule has 5 nitrogen and oxygen atoms in total. The first-order valence-corrected chi connectivity index (χ1v) is 5.08. The van der Waals surface area contributed by atoms with Crippen LogP contribution in [0.4, 0.5) is 14.7 Å². The molecule has 1 heterocycles. The van der Waals surface area contributed by atoms with Crippen molar-refractivity contribution in [3.05, 3.63) is 29.8 Å². The Balaban J connectivity index is 2.59. The highest BCUT2D eigenvalue weighted by molar-refractivity contribution is 5.57. The first kappa shape index (κ1) is 12.2. The van der Waals surface area contributed by atoms with Crippen molar-refractivity contribution < 1.29 is 13.5 Å². The van der Waals surface area contributed by atoms with Crippen molar-refractivity contribution in [3.63, 3.8) is 0 Å². The zero-order chi connectivity index (χ0) is 13.1. The first-order valence-electron chi connectivity index (χ1n) is 5.08. The largest absolute Gasteiger partial charge is 0.467 e. The van der Waals surface area contributed by atoms with E-state index in [1.165, 1.54) is 19.2 Å². The molecule has 18 heavy (non-hydrogen) atoms. The highest BCUT2D eigenvalue weighted by Crippen LogP contribution is 2.23. The molecule has 0 saturated carbocycles. The highest BCUT2D eigenvalue weighted by Gasteiger charge is 2.14. The van der Waals surface area contributed by atoms with Gasteiger partial charge in [-0.15, -0.1) is 0 Å². The average molecular weight is 252 g/mol. The molecule has 7 heteroatoms. The minimum Gasteiger partial charge on any atom is -0.467 e. The Morgan fingerprint density at radius 3 is 2.61 bits per heavy atom. The lowest BCUT2D eigenvalue weighted by Gasteiger charge is -2.06. The van der Waals surface area contributed by atoms with E-state index in [4.69, 9.17) is 4.74 Å². The van der Waals surface area contributed by atoms with Gasteiger partial charge in [-0.25, -0.2) is 8.78 Å². The molecule has 0 atom stereocenters. The van der Waals surface area contributed by atoms with Crippen molar-refractivity contribution in [3.8, 4) is 17.4 Å². The van der Waals surface area contributed by atoms with Crippen molar-refractivity contribution in [2.45, 2.75) is 0 Å². The van der Waals surface area contributed by atoms with E-state index in [2.05, 4.69) is 20.3 Å². The summed E-state index contributed by atoms with van der Waals surface area (Å²) in [4.78, 5) is 11.7. The van der Waals surface area contributed by atoms with Gasteiger partial charge in [0.25, 0.3) is 0 Å². The van der Waals surface area contributed by atoms with Gasteiger partial charge < -0.3 is 10.1 Å². The predicted octanol–water partition coefficient (Wildman–Crippen LogP) is 1.87. The molecule has 94 valence electrons. The fraction of sp³-hybridized carbons (Fsp3) is 0.182. The fourth-order valence-electron chi connectivity index (χ4n) is 1.36. The Hall–Kier alpha value is -2.31. The highest BCUT2D eigenvalue weighted by atomic mass is 19.2. The van der Waals surface area contributed by atoms with E-state index in [0.29, 0.717) is 0 Å². The Morgan fingerprint density at radius 1 is 1.17 bits per heavy atom. The van der Waals surface area contributed by atoms with Gasteiger partial charge >= 0.3 is 6.01 Å². The van der Waals surface area contributed by atoms with Crippen molar-refractivity contribution in [1.29, 1.82) is 0 Å². The monoisotopic (exact) mass is 252 g/mol. The zero-order valence-corrected chi connectivity index (χ0v) is 9.74. The summed E-state index contributed by atoms with van der Waals surface area (Å²) >= 11 is 0. The minimum atomic E-state index is -1.01. The van der Waals surface area contributed by atoms with Crippen LogP contribution in [0.5, 0.6) is 6.01 Å². The van der Waals surface area contributed by atoms with E-state index >= 15 is 0 Å². The Kier molecular flexibility index (Phi) is 3.31. The van der Waals surface area contributed by atoms with Crippen molar-refractivity contribution in [1.82, 2.24) is 15.0 Å². The Bertz CT molecular complexity index is 555. The van der Waals surface area contributed by atoms with Gasteiger partial charge in [0.15, 0.2) is 17.5 Å². The Morgan fingerprint density at radius 2 is 1.94 bits per heavy atom. The number of benzene rings is 1. The van der Waals surface area contributed by atoms with E-state index < -0.39 is 11.6 Å². The second-order valence-electron chi connectivity index (χ2n) is 3.32. The first-order chi connectivity index (χ1) is 8.65. The van der Waals surface area contributed by atoms with E-state index in [9.17, 15) is 8.78 Å². The maximum atomic E-state index is 13.6. The normalized spacial score (nSPS) is 10.2. The zero-order valence-electron chi connectivity index (χ0n) is 9.74. The number of rotatable bonds is 3. The van der Waals surface area contributed by atoms with Crippen molar-refractivity contribution >= 4 is 5.95 Å². The molecule has 2 rings (SSSR count). The third-order valence-corrected chi connectivity index (χ3v) is 2.21. The van der Waals surface area contributed by atoms with Gasteiger partial charge in [-0.05, 0) is 12.1 Å². The van der Waals surface area contributed by atoms with Gasteiger partial charge in [-0.1, -0.05) is 6.07 Å². The summed E-state index contributed by atoms with van der Waals surface area (Å²) in [6, 6.07) is 3.80. The number of methoxy groups -OCH3 is 1. The summed E-state index contributed by atoms with van der Waals surface area (Å²) in [6.07, 6.45) is 0. The second-order valence-corrected chi connectivity index (χ2v) is 3.32. The van der Waals surface area contributed by atoms with Crippen molar-refractivity contribution in [2.24, 2.45) is 0 Å². The number of halogens is 2. The lowest BCUT2D eigenvalue weighted by atomic mass is 10.2. The number of ether oxygens (including phenoxy) is 1. The van der Waals surface area contributed by atoms with Gasteiger partial charge in [-0.2, -0.15) is 15.0 Å². The van der Waals surface area contributed by atoms with Crippen LogP contribution in [0.2, 0.25) is 0 Å². The molecule has 0 unspecified atom stereocenters. The van der Waals surface area contributed by atoms with Crippen LogP contribution in [0.1, 0.15) is 0 Å². The van der Waals surface area contributed by atoms with Gasteiger partial charge in [0.2, 0.25) is 5.95 Å². The molecule has 0 aliphatic carbocycles. The topological polar surface area (TPSA) is 59.9 Å². The molecule has 0 amide bonds. The van der Waals surface area contributed by atoms with Crippen LogP contribution in [0.3, 0.4) is 0 Å².